The molecule has 0 unspecified atom stereocenters. The fourth-order valence-corrected chi connectivity index (χ4v) is 2.38. The molecule has 0 radical (unpaired) electrons. The summed E-state index contributed by atoms with van der Waals surface area (Å²) >= 11 is 3.45. The summed E-state index contributed by atoms with van der Waals surface area (Å²) in [6.07, 6.45) is 3.82. The van der Waals surface area contributed by atoms with Crippen molar-refractivity contribution in [3.63, 3.8) is 0 Å². The van der Waals surface area contributed by atoms with E-state index < -0.39 is 0 Å². The number of aromatic nitrogens is 2. The van der Waals surface area contributed by atoms with Gasteiger partial charge in [0.15, 0.2) is 0 Å². The Hall–Kier alpha value is -2.07. The standard InChI is InChI=1S/C16H14BrN3/c17-14-5-1-12(2-6-14)11-20-10-9-19-16(20)13-3-7-15(18)8-4-13/h1-10H,11,18H2. The molecule has 0 fully saturated rings. The van der Waals surface area contributed by atoms with E-state index in [9.17, 15) is 0 Å². The maximum Gasteiger partial charge on any atom is 0.140 e. The Morgan fingerprint density at radius 1 is 1.00 bits per heavy atom. The first-order chi connectivity index (χ1) is 9.72. The predicted octanol–water partition coefficient (Wildman–Crippen LogP) is 3.94. The third-order valence-corrected chi connectivity index (χ3v) is 3.68. The van der Waals surface area contributed by atoms with Gasteiger partial charge in [-0.3, -0.25) is 0 Å². The van der Waals surface area contributed by atoms with Gasteiger partial charge >= 0.3 is 0 Å². The summed E-state index contributed by atoms with van der Waals surface area (Å²) in [5.41, 5.74) is 8.80. The smallest absolute Gasteiger partial charge is 0.140 e. The first kappa shape index (κ1) is 12.9. The fourth-order valence-electron chi connectivity index (χ4n) is 2.12. The van der Waals surface area contributed by atoms with Crippen LogP contribution in [0.15, 0.2) is 65.4 Å². The van der Waals surface area contributed by atoms with E-state index in [1.165, 1.54) is 5.56 Å². The molecule has 0 aliphatic carbocycles. The highest BCUT2D eigenvalue weighted by Gasteiger charge is 2.06. The Morgan fingerprint density at radius 3 is 2.40 bits per heavy atom. The normalized spacial score (nSPS) is 10.7. The minimum Gasteiger partial charge on any atom is -0.399 e. The van der Waals surface area contributed by atoms with Crippen molar-refractivity contribution < 1.29 is 0 Å². The maximum atomic E-state index is 5.72. The molecule has 2 N–H and O–H groups in total. The van der Waals surface area contributed by atoms with Crippen LogP contribution in [0.1, 0.15) is 5.56 Å². The van der Waals surface area contributed by atoms with E-state index in [2.05, 4.69) is 49.7 Å². The fraction of sp³-hybridized carbons (Fsp3) is 0.0625. The summed E-state index contributed by atoms with van der Waals surface area (Å²) in [7, 11) is 0. The number of nitrogens with two attached hydrogens (primary N) is 1. The number of nitrogen functional groups attached to an aromatic ring is 1. The number of nitrogens with zero attached hydrogens (tertiary/aromatic N) is 2. The summed E-state index contributed by atoms with van der Waals surface area (Å²) in [4.78, 5) is 4.44. The number of imidazole rings is 1. The summed E-state index contributed by atoms with van der Waals surface area (Å²) in [5.74, 6) is 0.952. The molecule has 1 heterocycles. The number of anilines is 1. The predicted molar refractivity (Wildman–Crippen MR) is 85.3 cm³/mol. The average Bonchev–Trinajstić information content (AvgIpc) is 2.90. The van der Waals surface area contributed by atoms with E-state index in [-0.39, 0.29) is 0 Å². The van der Waals surface area contributed by atoms with Crippen LogP contribution in [0.2, 0.25) is 0 Å². The number of benzene rings is 2. The Labute approximate surface area is 126 Å². The van der Waals surface area contributed by atoms with E-state index in [4.69, 9.17) is 5.73 Å². The van der Waals surface area contributed by atoms with Gasteiger partial charge in [-0.05, 0) is 42.0 Å². The highest BCUT2D eigenvalue weighted by molar-refractivity contribution is 9.10. The van der Waals surface area contributed by atoms with Crippen molar-refractivity contribution in [1.82, 2.24) is 9.55 Å². The third-order valence-electron chi connectivity index (χ3n) is 3.15. The topological polar surface area (TPSA) is 43.8 Å². The Balaban J connectivity index is 1.90. The lowest BCUT2D eigenvalue weighted by Crippen LogP contribution is -2.01. The van der Waals surface area contributed by atoms with Gasteiger partial charge in [0.25, 0.3) is 0 Å². The van der Waals surface area contributed by atoms with Crippen LogP contribution >= 0.6 is 15.9 Å². The molecule has 100 valence electrons. The number of hydrogen-bond donors (Lipinski definition) is 1. The molecule has 0 saturated carbocycles. The molecule has 4 heteroatoms. The lowest BCUT2D eigenvalue weighted by atomic mass is 10.2. The van der Waals surface area contributed by atoms with Gasteiger partial charge in [0.1, 0.15) is 5.82 Å². The van der Waals surface area contributed by atoms with Gasteiger partial charge in [-0.25, -0.2) is 4.98 Å². The van der Waals surface area contributed by atoms with Gasteiger partial charge in [0.2, 0.25) is 0 Å². The van der Waals surface area contributed by atoms with Gasteiger partial charge in [-0.1, -0.05) is 28.1 Å². The van der Waals surface area contributed by atoms with Crippen LogP contribution in [-0.4, -0.2) is 9.55 Å². The lowest BCUT2D eigenvalue weighted by Gasteiger charge is -2.08. The molecule has 0 aliphatic rings. The number of rotatable bonds is 3. The van der Waals surface area contributed by atoms with Crippen LogP contribution in [0, 0.1) is 0 Å². The first-order valence-electron chi connectivity index (χ1n) is 6.34. The Morgan fingerprint density at radius 2 is 1.70 bits per heavy atom. The van der Waals surface area contributed by atoms with Crippen LogP contribution in [0.25, 0.3) is 11.4 Å². The van der Waals surface area contributed by atoms with Crippen molar-refractivity contribution in [3.8, 4) is 11.4 Å². The summed E-state index contributed by atoms with van der Waals surface area (Å²) < 4.78 is 3.22. The lowest BCUT2D eigenvalue weighted by molar-refractivity contribution is 0.807. The zero-order valence-electron chi connectivity index (χ0n) is 10.8. The van der Waals surface area contributed by atoms with E-state index >= 15 is 0 Å². The highest BCUT2D eigenvalue weighted by Crippen LogP contribution is 2.20. The van der Waals surface area contributed by atoms with Crippen LogP contribution in [0.5, 0.6) is 0 Å². The molecule has 0 bridgehead atoms. The van der Waals surface area contributed by atoms with Crippen LogP contribution in [0.3, 0.4) is 0 Å². The number of halogens is 1. The Bertz CT molecular complexity index is 699. The molecule has 20 heavy (non-hydrogen) atoms. The van der Waals surface area contributed by atoms with E-state index in [1.54, 1.807) is 0 Å². The molecule has 0 aliphatic heterocycles. The molecule has 0 amide bonds. The minimum atomic E-state index is 0.764. The van der Waals surface area contributed by atoms with Gasteiger partial charge < -0.3 is 10.3 Å². The van der Waals surface area contributed by atoms with Crippen LogP contribution in [0.4, 0.5) is 5.69 Å². The largest absolute Gasteiger partial charge is 0.399 e. The molecule has 3 rings (SSSR count). The van der Waals surface area contributed by atoms with Crippen molar-refractivity contribution in [3.05, 3.63) is 71.0 Å². The molecule has 3 aromatic rings. The van der Waals surface area contributed by atoms with E-state index in [0.717, 1.165) is 28.1 Å². The third kappa shape index (κ3) is 2.75. The second kappa shape index (κ2) is 5.51. The Kier molecular flexibility index (Phi) is 3.56. The van der Waals surface area contributed by atoms with Crippen molar-refractivity contribution in [2.24, 2.45) is 0 Å². The SMILES string of the molecule is Nc1ccc(-c2nccn2Cc2ccc(Br)cc2)cc1. The number of hydrogen-bond acceptors (Lipinski definition) is 2. The van der Waals surface area contributed by atoms with Crippen molar-refractivity contribution in [2.45, 2.75) is 6.54 Å². The van der Waals surface area contributed by atoms with Crippen molar-refractivity contribution in [2.75, 3.05) is 5.73 Å². The highest BCUT2D eigenvalue weighted by atomic mass is 79.9. The first-order valence-corrected chi connectivity index (χ1v) is 7.13. The van der Waals surface area contributed by atoms with E-state index in [1.807, 2.05) is 36.7 Å². The summed E-state index contributed by atoms with van der Waals surface area (Å²) in [6.45, 7) is 0.799. The van der Waals surface area contributed by atoms with Crippen molar-refractivity contribution >= 4 is 21.6 Å². The van der Waals surface area contributed by atoms with Gasteiger partial charge in [-0.2, -0.15) is 0 Å². The van der Waals surface area contributed by atoms with Gasteiger partial charge in [-0.15, -0.1) is 0 Å². The van der Waals surface area contributed by atoms with Crippen LogP contribution < -0.4 is 5.73 Å². The van der Waals surface area contributed by atoms with Gasteiger partial charge in [0.05, 0.1) is 0 Å². The second-order valence-electron chi connectivity index (χ2n) is 4.63. The molecule has 0 spiro atoms. The van der Waals surface area contributed by atoms with Crippen molar-refractivity contribution in [1.29, 1.82) is 0 Å². The monoisotopic (exact) mass is 327 g/mol. The molecular weight excluding hydrogens is 314 g/mol. The molecule has 2 aromatic carbocycles. The summed E-state index contributed by atoms with van der Waals surface area (Å²) in [6, 6.07) is 16.1. The molecule has 0 saturated heterocycles. The van der Waals surface area contributed by atoms with E-state index in [0.29, 0.717) is 0 Å². The zero-order chi connectivity index (χ0) is 13.9. The molecule has 1 aromatic heterocycles. The molecule has 0 atom stereocenters. The quantitative estimate of drug-likeness (QED) is 0.740. The summed E-state index contributed by atoms with van der Waals surface area (Å²) in [5, 5.41) is 0. The zero-order valence-corrected chi connectivity index (χ0v) is 12.4. The molecule has 3 nitrogen and oxygen atoms in total. The van der Waals surface area contributed by atoms with Gasteiger partial charge in [0, 0.05) is 34.7 Å². The molecular formula is C16H14BrN3. The maximum absolute atomic E-state index is 5.72. The average molecular weight is 328 g/mol. The minimum absolute atomic E-state index is 0.764. The second-order valence-corrected chi connectivity index (χ2v) is 5.54. The van der Waals surface area contributed by atoms with Crippen LogP contribution in [-0.2, 0) is 6.54 Å².